The first-order valence-corrected chi connectivity index (χ1v) is 8.25. The molecule has 0 saturated heterocycles. The monoisotopic (exact) mass is 353 g/mol. The summed E-state index contributed by atoms with van der Waals surface area (Å²) in [5.41, 5.74) is 5.71. The molecule has 0 radical (unpaired) electrons. The lowest BCUT2D eigenvalue weighted by atomic mass is 9.89. The van der Waals surface area contributed by atoms with E-state index in [9.17, 15) is 19.8 Å². The molecule has 3 rings (SSSR count). The molecule has 0 fully saturated rings. The highest BCUT2D eigenvalue weighted by molar-refractivity contribution is 5.90. The van der Waals surface area contributed by atoms with Crippen molar-refractivity contribution in [3.8, 4) is 5.88 Å². The number of nitrogen functional groups attached to an aromatic ring is 1. The summed E-state index contributed by atoms with van der Waals surface area (Å²) in [6, 6.07) is 13.2. The van der Waals surface area contributed by atoms with E-state index in [2.05, 4.69) is 9.97 Å². The predicted octanol–water partition coefficient (Wildman–Crippen LogP) is 2.40. The van der Waals surface area contributed by atoms with E-state index in [0.29, 0.717) is 12.8 Å². The molecule has 0 aliphatic carbocycles. The summed E-state index contributed by atoms with van der Waals surface area (Å²) < 4.78 is 0. The number of aliphatic carboxylic acids is 1. The minimum absolute atomic E-state index is 0.112. The third-order valence-corrected chi connectivity index (χ3v) is 4.43. The van der Waals surface area contributed by atoms with Gasteiger partial charge < -0.3 is 15.9 Å². The van der Waals surface area contributed by atoms with Gasteiger partial charge in [-0.3, -0.25) is 14.6 Å². The normalized spacial score (nSPS) is 12.2. The molecule has 0 aliphatic rings. The van der Waals surface area contributed by atoms with Crippen LogP contribution in [-0.4, -0.2) is 26.2 Å². The number of carboxylic acid groups (broad SMARTS) is 1. The Bertz CT molecular complexity index is 1010. The van der Waals surface area contributed by atoms with Crippen molar-refractivity contribution in [3.63, 3.8) is 0 Å². The van der Waals surface area contributed by atoms with E-state index in [4.69, 9.17) is 5.73 Å². The zero-order valence-corrected chi connectivity index (χ0v) is 14.0. The van der Waals surface area contributed by atoms with Gasteiger partial charge in [-0.2, -0.15) is 4.98 Å². The van der Waals surface area contributed by atoms with Gasteiger partial charge in [-0.1, -0.05) is 42.5 Å². The Hall–Kier alpha value is -3.35. The van der Waals surface area contributed by atoms with Crippen molar-refractivity contribution in [2.45, 2.75) is 25.2 Å². The fourth-order valence-electron chi connectivity index (χ4n) is 3.18. The molecule has 0 aliphatic heterocycles. The first-order chi connectivity index (χ1) is 12.5. The maximum absolute atomic E-state index is 11.9. The molecule has 26 heavy (non-hydrogen) atoms. The minimum atomic E-state index is -0.921. The minimum Gasteiger partial charge on any atom is -0.493 e. The molecule has 0 saturated carbocycles. The molecule has 134 valence electrons. The van der Waals surface area contributed by atoms with Crippen molar-refractivity contribution in [1.82, 2.24) is 9.97 Å². The van der Waals surface area contributed by atoms with Crippen molar-refractivity contribution < 1.29 is 15.0 Å². The van der Waals surface area contributed by atoms with E-state index in [1.54, 1.807) is 0 Å². The summed E-state index contributed by atoms with van der Waals surface area (Å²) in [6.07, 6.45) is 0.942. The zero-order chi connectivity index (χ0) is 18.7. The molecular weight excluding hydrogens is 334 g/mol. The van der Waals surface area contributed by atoms with Crippen LogP contribution in [0.3, 0.4) is 0 Å². The van der Waals surface area contributed by atoms with Gasteiger partial charge in [0, 0.05) is 0 Å². The Kier molecular flexibility index (Phi) is 4.88. The van der Waals surface area contributed by atoms with Gasteiger partial charge in [0.15, 0.2) is 0 Å². The van der Waals surface area contributed by atoms with Crippen LogP contribution < -0.4 is 11.3 Å². The Morgan fingerprint density at radius 2 is 1.92 bits per heavy atom. The standard InChI is InChI=1S/C19H19N3O4/c20-19-21-16(23)15(17(24)22-19)10-4-9-14(18(25)26)13-8-3-6-11-5-1-2-7-12(11)13/h1-3,5-8,14H,4,9-10H2,(H,25,26)(H4,20,21,22,23,24)/t14-/m1/s1. The second-order valence-corrected chi connectivity index (χ2v) is 6.10. The largest absolute Gasteiger partial charge is 0.493 e. The number of hydrogen-bond donors (Lipinski definition) is 4. The molecule has 0 spiro atoms. The number of carboxylic acids is 1. The molecule has 7 heteroatoms. The molecule has 2 aromatic carbocycles. The number of benzene rings is 2. The van der Waals surface area contributed by atoms with Gasteiger partial charge >= 0.3 is 5.97 Å². The van der Waals surface area contributed by atoms with Gasteiger partial charge in [0.05, 0.1) is 11.5 Å². The van der Waals surface area contributed by atoms with Crippen molar-refractivity contribution in [3.05, 3.63) is 63.9 Å². The molecule has 0 bridgehead atoms. The number of aromatic hydroxyl groups is 1. The molecule has 1 aromatic heterocycles. The molecule has 3 aromatic rings. The molecule has 1 atom stereocenters. The molecule has 7 nitrogen and oxygen atoms in total. The highest BCUT2D eigenvalue weighted by atomic mass is 16.4. The van der Waals surface area contributed by atoms with Crippen LogP contribution in [0.15, 0.2) is 47.3 Å². The number of nitrogens with zero attached hydrogens (tertiary/aromatic N) is 1. The van der Waals surface area contributed by atoms with Crippen LogP contribution in [0.4, 0.5) is 5.95 Å². The molecule has 0 unspecified atom stereocenters. The quantitative estimate of drug-likeness (QED) is 0.538. The van der Waals surface area contributed by atoms with E-state index in [1.807, 2.05) is 42.5 Å². The van der Waals surface area contributed by atoms with Crippen LogP contribution in [0.1, 0.15) is 29.9 Å². The van der Waals surface area contributed by atoms with E-state index >= 15 is 0 Å². The molecular formula is C19H19N3O4. The SMILES string of the molecule is Nc1nc(O)c(CCC[C@@H](C(=O)O)c2cccc3ccccc23)c(=O)[nH]1. The topological polar surface area (TPSA) is 129 Å². The second kappa shape index (κ2) is 7.26. The third kappa shape index (κ3) is 3.51. The number of hydrogen-bond acceptors (Lipinski definition) is 5. The fourth-order valence-corrected chi connectivity index (χ4v) is 3.18. The number of carbonyl (C=O) groups is 1. The average molecular weight is 353 g/mol. The van der Waals surface area contributed by atoms with Gasteiger partial charge in [0.1, 0.15) is 0 Å². The summed E-state index contributed by atoms with van der Waals surface area (Å²) in [5.74, 6) is -2.20. The van der Waals surface area contributed by atoms with Crippen molar-refractivity contribution >= 4 is 22.7 Å². The number of rotatable bonds is 6. The van der Waals surface area contributed by atoms with Crippen molar-refractivity contribution in [2.75, 3.05) is 5.73 Å². The third-order valence-electron chi connectivity index (χ3n) is 4.43. The van der Waals surface area contributed by atoms with Crippen LogP contribution in [-0.2, 0) is 11.2 Å². The van der Waals surface area contributed by atoms with E-state index < -0.39 is 23.3 Å². The van der Waals surface area contributed by atoms with Gasteiger partial charge in [-0.05, 0) is 35.6 Å². The van der Waals surface area contributed by atoms with E-state index in [0.717, 1.165) is 16.3 Å². The lowest BCUT2D eigenvalue weighted by molar-refractivity contribution is -0.139. The Morgan fingerprint density at radius 3 is 2.65 bits per heavy atom. The number of anilines is 1. The molecule has 5 N–H and O–H groups in total. The summed E-state index contributed by atoms with van der Waals surface area (Å²) >= 11 is 0. The number of nitrogens with two attached hydrogens (primary N) is 1. The maximum atomic E-state index is 11.9. The fraction of sp³-hybridized carbons (Fsp3) is 0.211. The number of nitrogens with one attached hydrogen (secondary N) is 1. The van der Waals surface area contributed by atoms with Gasteiger partial charge in [0.25, 0.3) is 5.56 Å². The van der Waals surface area contributed by atoms with Crippen LogP contribution in [0.5, 0.6) is 5.88 Å². The number of aromatic nitrogens is 2. The predicted molar refractivity (Wildman–Crippen MR) is 98.2 cm³/mol. The van der Waals surface area contributed by atoms with Crippen LogP contribution in [0, 0.1) is 0 Å². The van der Waals surface area contributed by atoms with Crippen molar-refractivity contribution in [1.29, 1.82) is 0 Å². The van der Waals surface area contributed by atoms with E-state index in [-0.39, 0.29) is 17.9 Å². The summed E-state index contributed by atoms with van der Waals surface area (Å²) in [4.78, 5) is 29.6. The summed E-state index contributed by atoms with van der Waals surface area (Å²) in [7, 11) is 0. The molecule has 1 heterocycles. The summed E-state index contributed by atoms with van der Waals surface area (Å²) in [5, 5.41) is 21.3. The zero-order valence-electron chi connectivity index (χ0n) is 14.0. The van der Waals surface area contributed by atoms with Gasteiger partial charge in [-0.25, -0.2) is 0 Å². The van der Waals surface area contributed by atoms with Gasteiger partial charge in [-0.15, -0.1) is 0 Å². The molecule has 0 amide bonds. The smallest absolute Gasteiger partial charge is 0.310 e. The lowest BCUT2D eigenvalue weighted by Crippen LogP contribution is -2.17. The Balaban J connectivity index is 1.82. The Morgan fingerprint density at radius 1 is 1.19 bits per heavy atom. The van der Waals surface area contributed by atoms with Crippen LogP contribution in [0.2, 0.25) is 0 Å². The van der Waals surface area contributed by atoms with E-state index in [1.165, 1.54) is 0 Å². The highest BCUT2D eigenvalue weighted by Gasteiger charge is 2.22. The average Bonchev–Trinajstić information content (AvgIpc) is 2.60. The summed E-state index contributed by atoms with van der Waals surface area (Å²) in [6.45, 7) is 0. The number of fused-ring (bicyclic) bond motifs is 1. The first-order valence-electron chi connectivity index (χ1n) is 8.25. The van der Waals surface area contributed by atoms with Crippen molar-refractivity contribution in [2.24, 2.45) is 0 Å². The Labute approximate surface area is 149 Å². The lowest BCUT2D eigenvalue weighted by Gasteiger charge is -2.15. The maximum Gasteiger partial charge on any atom is 0.310 e. The first kappa shape index (κ1) is 17.5. The number of H-pyrrole nitrogens is 1. The highest BCUT2D eigenvalue weighted by Crippen LogP contribution is 2.29. The van der Waals surface area contributed by atoms with Crippen LogP contribution in [0.25, 0.3) is 10.8 Å². The second-order valence-electron chi connectivity index (χ2n) is 6.10. The number of aromatic amines is 1. The van der Waals surface area contributed by atoms with Gasteiger partial charge in [0.2, 0.25) is 11.8 Å². The van der Waals surface area contributed by atoms with Crippen LogP contribution >= 0.6 is 0 Å².